The van der Waals surface area contributed by atoms with Crippen molar-refractivity contribution in [2.24, 2.45) is 0 Å². The number of aliphatic carboxylic acids is 1. The molecule has 1 unspecified atom stereocenters. The zero-order valence-corrected chi connectivity index (χ0v) is 17.0. The lowest BCUT2D eigenvalue weighted by molar-refractivity contribution is -0.144. The molecule has 0 bridgehead atoms. The number of nitrogens with zero attached hydrogens (tertiary/aromatic N) is 2. The molecule has 6 nitrogen and oxygen atoms in total. The molecule has 3 rings (SSSR count). The highest BCUT2D eigenvalue weighted by molar-refractivity contribution is 6.30. The number of carboxylic acid groups (broad SMARTS) is 1. The minimum absolute atomic E-state index is 0.245. The van der Waals surface area contributed by atoms with Crippen LogP contribution in [0.15, 0.2) is 18.2 Å². The van der Waals surface area contributed by atoms with Gasteiger partial charge in [0, 0.05) is 42.8 Å². The maximum atomic E-state index is 12.1. The van der Waals surface area contributed by atoms with Crippen molar-refractivity contribution in [2.75, 3.05) is 33.3 Å². The average Bonchev–Trinajstić information content (AvgIpc) is 2.61. The van der Waals surface area contributed by atoms with Gasteiger partial charge in [-0.2, -0.15) is 0 Å². The van der Waals surface area contributed by atoms with Gasteiger partial charge in [0.15, 0.2) is 0 Å². The van der Waals surface area contributed by atoms with Gasteiger partial charge in [-0.1, -0.05) is 11.6 Å². The molecule has 150 valence electrons. The van der Waals surface area contributed by atoms with Crippen molar-refractivity contribution in [3.63, 3.8) is 0 Å². The van der Waals surface area contributed by atoms with Gasteiger partial charge in [-0.05, 0) is 44.9 Å². The Morgan fingerprint density at radius 1 is 1.26 bits per heavy atom. The van der Waals surface area contributed by atoms with Crippen molar-refractivity contribution in [3.8, 4) is 5.75 Å². The van der Waals surface area contributed by atoms with Gasteiger partial charge in [0.25, 0.3) is 0 Å². The zero-order chi connectivity index (χ0) is 19.6. The first kappa shape index (κ1) is 20.4. The summed E-state index contributed by atoms with van der Waals surface area (Å²) in [6.45, 7) is 7.58. The van der Waals surface area contributed by atoms with Crippen LogP contribution >= 0.6 is 11.6 Å². The van der Waals surface area contributed by atoms with Gasteiger partial charge in [-0.25, -0.2) is 0 Å². The van der Waals surface area contributed by atoms with E-state index in [2.05, 4.69) is 18.7 Å². The molecule has 0 amide bonds. The van der Waals surface area contributed by atoms with Gasteiger partial charge < -0.3 is 14.6 Å². The number of ether oxygens (including phenoxy) is 2. The van der Waals surface area contributed by atoms with Crippen LogP contribution in [0.2, 0.25) is 5.02 Å². The molecular formula is C20H29ClN2O4. The van der Waals surface area contributed by atoms with E-state index >= 15 is 0 Å². The highest BCUT2D eigenvalue weighted by atomic mass is 35.5. The van der Waals surface area contributed by atoms with Gasteiger partial charge in [-0.3, -0.25) is 14.6 Å². The number of carbonyl (C=O) groups is 1. The summed E-state index contributed by atoms with van der Waals surface area (Å²) in [4.78, 5) is 16.6. The summed E-state index contributed by atoms with van der Waals surface area (Å²) in [7, 11) is 1.55. The van der Waals surface area contributed by atoms with Crippen LogP contribution in [0, 0.1) is 0 Å². The van der Waals surface area contributed by atoms with E-state index in [0.29, 0.717) is 22.4 Å². The fourth-order valence-corrected chi connectivity index (χ4v) is 4.61. The Balaban J connectivity index is 1.71. The van der Waals surface area contributed by atoms with Crippen LogP contribution in [-0.2, 0) is 9.53 Å². The molecule has 7 heteroatoms. The molecule has 1 aromatic carbocycles. The Kier molecular flexibility index (Phi) is 6.63. The summed E-state index contributed by atoms with van der Waals surface area (Å²) in [5.74, 6) is -0.313. The molecule has 2 aliphatic heterocycles. The Morgan fingerprint density at radius 2 is 1.89 bits per heavy atom. The van der Waals surface area contributed by atoms with Crippen LogP contribution < -0.4 is 4.74 Å². The van der Waals surface area contributed by atoms with E-state index in [-0.39, 0.29) is 12.2 Å². The Bertz CT molecular complexity index is 653. The Hall–Kier alpha value is -1.34. The van der Waals surface area contributed by atoms with E-state index in [4.69, 9.17) is 21.1 Å². The summed E-state index contributed by atoms with van der Waals surface area (Å²) in [5, 5.41) is 10.4. The van der Waals surface area contributed by atoms with Crippen molar-refractivity contribution >= 4 is 17.6 Å². The third-order valence-electron chi connectivity index (χ3n) is 5.55. The summed E-state index contributed by atoms with van der Waals surface area (Å²) in [6, 6.07) is 4.89. The standard InChI is InChI=1S/C20H29ClN2O4/c1-13-11-23(12-14(2)27-13)16-6-8-22(9-7-16)19(20(24)25)17-10-15(21)4-5-18(17)26-3/h4-5,10,13-14,16,19H,6-9,11-12H2,1-3H3,(H,24,25)/t13-,14+,19?. The number of benzene rings is 1. The first-order valence-corrected chi connectivity index (χ1v) is 9.96. The summed E-state index contributed by atoms with van der Waals surface area (Å²) < 4.78 is 11.2. The fraction of sp³-hybridized carbons (Fsp3) is 0.650. The fourth-order valence-electron chi connectivity index (χ4n) is 4.43. The van der Waals surface area contributed by atoms with Crippen LogP contribution in [0.5, 0.6) is 5.75 Å². The Morgan fingerprint density at radius 3 is 2.44 bits per heavy atom. The van der Waals surface area contributed by atoms with Crippen molar-refractivity contribution in [1.29, 1.82) is 0 Å². The van der Waals surface area contributed by atoms with E-state index in [1.54, 1.807) is 25.3 Å². The zero-order valence-electron chi connectivity index (χ0n) is 16.2. The third kappa shape index (κ3) is 4.74. The second-order valence-corrected chi connectivity index (χ2v) is 8.04. The SMILES string of the molecule is COc1ccc(Cl)cc1C(C(=O)O)N1CCC(N2C[C@@H](C)O[C@@H](C)C2)CC1. The smallest absolute Gasteiger partial charge is 0.325 e. The largest absolute Gasteiger partial charge is 0.496 e. The van der Waals surface area contributed by atoms with E-state index in [9.17, 15) is 9.90 Å². The molecule has 0 saturated carbocycles. The van der Waals surface area contributed by atoms with Crippen molar-refractivity contribution < 1.29 is 19.4 Å². The van der Waals surface area contributed by atoms with Crippen molar-refractivity contribution in [1.82, 2.24) is 9.80 Å². The first-order valence-electron chi connectivity index (χ1n) is 9.58. The van der Waals surface area contributed by atoms with Crippen LogP contribution in [0.4, 0.5) is 0 Å². The molecule has 1 N–H and O–H groups in total. The monoisotopic (exact) mass is 396 g/mol. The number of morpholine rings is 1. The molecule has 2 heterocycles. The number of rotatable bonds is 5. The number of methoxy groups -OCH3 is 1. The van der Waals surface area contributed by atoms with E-state index < -0.39 is 12.0 Å². The second kappa shape index (κ2) is 8.78. The van der Waals surface area contributed by atoms with Gasteiger partial charge in [0.2, 0.25) is 0 Å². The topological polar surface area (TPSA) is 62.2 Å². The molecule has 0 aromatic heterocycles. The molecule has 2 aliphatic rings. The second-order valence-electron chi connectivity index (χ2n) is 7.61. The van der Waals surface area contributed by atoms with Crippen LogP contribution in [0.25, 0.3) is 0 Å². The van der Waals surface area contributed by atoms with E-state index in [1.165, 1.54) is 0 Å². The first-order chi connectivity index (χ1) is 12.9. The molecule has 0 radical (unpaired) electrons. The third-order valence-corrected chi connectivity index (χ3v) is 5.78. The quantitative estimate of drug-likeness (QED) is 0.825. The highest BCUT2D eigenvalue weighted by Gasteiger charge is 2.36. The summed E-state index contributed by atoms with van der Waals surface area (Å²) in [5.41, 5.74) is 0.615. The van der Waals surface area contributed by atoms with Crippen LogP contribution in [0.1, 0.15) is 38.3 Å². The predicted molar refractivity (Wildman–Crippen MR) is 105 cm³/mol. The van der Waals surface area contributed by atoms with E-state index in [1.807, 2.05) is 4.90 Å². The van der Waals surface area contributed by atoms with Crippen LogP contribution in [0.3, 0.4) is 0 Å². The van der Waals surface area contributed by atoms with Gasteiger partial charge in [0.05, 0.1) is 19.3 Å². The molecule has 2 fully saturated rings. The molecule has 1 aromatic rings. The molecule has 27 heavy (non-hydrogen) atoms. The number of piperidine rings is 1. The van der Waals surface area contributed by atoms with Crippen molar-refractivity contribution in [3.05, 3.63) is 28.8 Å². The Labute approximate surface area is 166 Å². The molecule has 0 spiro atoms. The molecule has 2 saturated heterocycles. The lowest BCUT2D eigenvalue weighted by Crippen LogP contribution is -2.53. The maximum Gasteiger partial charge on any atom is 0.325 e. The maximum absolute atomic E-state index is 12.1. The number of likely N-dealkylation sites (tertiary alicyclic amines) is 1. The number of carboxylic acids is 1. The van der Waals surface area contributed by atoms with Gasteiger partial charge in [-0.15, -0.1) is 0 Å². The molecule has 0 aliphatic carbocycles. The number of hydrogen-bond donors (Lipinski definition) is 1. The normalized spacial score (nSPS) is 26.7. The summed E-state index contributed by atoms with van der Waals surface area (Å²) >= 11 is 6.13. The van der Waals surface area contributed by atoms with Crippen molar-refractivity contribution in [2.45, 2.75) is 51.0 Å². The highest BCUT2D eigenvalue weighted by Crippen LogP contribution is 2.34. The predicted octanol–water partition coefficient (Wildman–Crippen LogP) is 3.05. The number of halogens is 1. The average molecular weight is 397 g/mol. The number of hydrogen-bond acceptors (Lipinski definition) is 5. The molecule has 3 atom stereocenters. The minimum atomic E-state index is -0.873. The minimum Gasteiger partial charge on any atom is -0.496 e. The van der Waals surface area contributed by atoms with Gasteiger partial charge >= 0.3 is 5.97 Å². The van der Waals surface area contributed by atoms with E-state index in [0.717, 1.165) is 39.0 Å². The lowest BCUT2D eigenvalue weighted by atomic mass is 9.97. The molecular weight excluding hydrogens is 368 g/mol. The van der Waals surface area contributed by atoms with Crippen LogP contribution in [-0.4, -0.2) is 72.4 Å². The lowest BCUT2D eigenvalue weighted by Gasteiger charge is -2.44. The summed E-state index contributed by atoms with van der Waals surface area (Å²) in [6.07, 6.45) is 2.39. The van der Waals surface area contributed by atoms with Gasteiger partial charge in [0.1, 0.15) is 11.8 Å².